The Balaban J connectivity index is 1.84. The molecule has 0 bridgehead atoms. The number of ether oxygens (including phenoxy) is 2. The highest BCUT2D eigenvalue weighted by atomic mass is 79.9. The van der Waals surface area contributed by atoms with Gasteiger partial charge >= 0.3 is 5.97 Å². The highest BCUT2D eigenvalue weighted by Crippen LogP contribution is 2.45. The molecule has 4 rings (SSSR count). The first-order chi connectivity index (χ1) is 13.8. The Morgan fingerprint density at radius 1 is 1.34 bits per heavy atom. The van der Waals surface area contributed by atoms with Crippen molar-refractivity contribution in [2.45, 2.75) is 11.5 Å². The van der Waals surface area contributed by atoms with Crippen molar-refractivity contribution < 1.29 is 27.1 Å². The van der Waals surface area contributed by atoms with E-state index in [9.17, 15) is 17.6 Å². The molecule has 2 aromatic carbocycles. The summed E-state index contributed by atoms with van der Waals surface area (Å²) in [6, 6.07) is 6.30. The third-order valence-electron chi connectivity index (χ3n) is 4.24. The van der Waals surface area contributed by atoms with Gasteiger partial charge in [-0.15, -0.1) is 0 Å². The van der Waals surface area contributed by atoms with E-state index in [0.717, 1.165) is 28.6 Å². The predicted octanol–water partition coefficient (Wildman–Crippen LogP) is 4.19. The average Bonchev–Trinajstić information content (AvgIpc) is 3.15. The van der Waals surface area contributed by atoms with Crippen molar-refractivity contribution in [2.24, 2.45) is 0 Å². The molecule has 1 aliphatic rings. The SMILES string of the molecule is COC(=O)c1c(NS(=O)(=O)c2ccc(F)cc2Br)ccc2c1OCc1cnsc1-2. The van der Waals surface area contributed by atoms with Crippen LogP contribution < -0.4 is 9.46 Å². The molecule has 0 saturated heterocycles. The van der Waals surface area contributed by atoms with Crippen LogP contribution >= 0.6 is 27.5 Å². The highest BCUT2D eigenvalue weighted by Gasteiger charge is 2.30. The van der Waals surface area contributed by atoms with Crippen molar-refractivity contribution in [3.63, 3.8) is 0 Å². The van der Waals surface area contributed by atoms with E-state index in [4.69, 9.17) is 9.47 Å². The number of methoxy groups -OCH3 is 1. The van der Waals surface area contributed by atoms with Gasteiger partial charge in [0.25, 0.3) is 10.0 Å². The summed E-state index contributed by atoms with van der Waals surface area (Å²) >= 11 is 4.30. The normalized spacial score (nSPS) is 12.5. The fourth-order valence-corrected chi connectivity index (χ4v) is 5.82. The lowest BCUT2D eigenvalue weighted by Gasteiger charge is -2.22. The number of fused-ring (bicyclic) bond motifs is 3. The Labute approximate surface area is 177 Å². The van der Waals surface area contributed by atoms with Gasteiger partial charge in [-0.25, -0.2) is 22.0 Å². The fraction of sp³-hybridized carbons (Fsp3) is 0.111. The molecule has 1 aromatic heterocycles. The number of carbonyl (C=O) groups excluding carboxylic acids is 1. The molecule has 0 fully saturated rings. The van der Waals surface area contributed by atoms with Gasteiger partial charge in [0.2, 0.25) is 0 Å². The van der Waals surface area contributed by atoms with Gasteiger partial charge in [-0.2, -0.15) is 0 Å². The molecule has 1 aliphatic heterocycles. The third-order valence-corrected chi connectivity index (χ3v) is 7.45. The lowest BCUT2D eigenvalue weighted by molar-refractivity contribution is 0.0597. The smallest absolute Gasteiger partial charge is 0.343 e. The van der Waals surface area contributed by atoms with Crippen molar-refractivity contribution in [3.8, 4) is 16.2 Å². The molecule has 7 nitrogen and oxygen atoms in total. The van der Waals surface area contributed by atoms with E-state index in [1.807, 2.05) is 0 Å². The second kappa shape index (κ2) is 7.39. The van der Waals surface area contributed by atoms with Crippen molar-refractivity contribution in [1.82, 2.24) is 4.37 Å². The van der Waals surface area contributed by atoms with Crippen LogP contribution in [0.2, 0.25) is 0 Å². The highest BCUT2D eigenvalue weighted by molar-refractivity contribution is 9.10. The summed E-state index contributed by atoms with van der Waals surface area (Å²) < 4.78 is 56.2. The van der Waals surface area contributed by atoms with Crippen molar-refractivity contribution in [2.75, 3.05) is 11.8 Å². The summed E-state index contributed by atoms with van der Waals surface area (Å²) in [5.74, 6) is -1.13. The first-order valence-electron chi connectivity index (χ1n) is 8.11. The summed E-state index contributed by atoms with van der Waals surface area (Å²) in [6.45, 7) is 0.197. The van der Waals surface area contributed by atoms with Gasteiger partial charge in [-0.1, -0.05) is 0 Å². The summed E-state index contributed by atoms with van der Waals surface area (Å²) in [5, 5.41) is 0. The number of hydrogen-bond donors (Lipinski definition) is 1. The van der Waals surface area contributed by atoms with Crippen LogP contribution in [0.4, 0.5) is 10.1 Å². The lowest BCUT2D eigenvalue weighted by Crippen LogP contribution is -2.18. The number of benzene rings is 2. The first-order valence-corrected chi connectivity index (χ1v) is 11.2. The molecule has 1 N–H and O–H groups in total. The first kappa shape index (κ1) is 19.8. The predicted molar refractivity (Wildman–Crippen MR) is 108 cm³/mol. The Kier molecular flexibility index (Phi) is 5.05. The second-order valence-electron chi connectivity index (χ2n) is 6.01. The average molecular weight is 499 g/mol. The van der Waals surface area contributed by atoms with Crippen LogP contribution in [0.25, 0.3) is 10.4 Å². The van der Waals surface area contributed by atoms with Gasteiger partial charge in [0.15, 0.2) is 0 Å². The minimum Gasteiger partial charge on any atom is -0.487 e. The van der Waals surface area contributed by atoms with Crippen LogP contribution in [0.5, 0.6) is 5.75 Å². The minimum absolute atomic E-state index is 0.0141. The number of aromatic nitrogens is 1. The largest absolute Gasteiger partial charge is 0.487 e. The number of hydrogen-bond acceptors (Lipinski definition) is 7. The molecule has 29 heavy (non-hydrogen) atoms. The zero-order valence-corrected chi connectivity index (χ0v) is 18.0. The Morgan fingerprint density at radius 3 is 2.86 bits per heavy atom. The monoisotopic (exact) mass is 498 g/mol. The van der Waals surface area contributed by atoms with E-state index in [1.54, 1.807) is 12.3 Å². The van der Waals surface area contributed by atoms with Gasteiger partial charge in [-0.05, 0) is 57.8 Å². The maximum absolute atomic E-state index is 13.3. The second-order valence-corrected chi connectivity index (χ2v) is 9.31. The molecule has 0 amide bonds. The van der Waals surface area contributed by atoms with E-state index in [2.05, 4.69) is 25.0 Å². The molecule has 0 unspecified atom stereocenters. The van der Waals surface area contributed by atoms with Crippen LogP contribution in [0.3, 0.4) is 0 Å². The van der Waals surface area contributed by atoms with Crippen molar-refractivity contribution in [3.05, 3.63) is 57.9 Å². The van der Waals surface area contributed by atoms with Crippen LogP contribution in [-0.2, 0) is 21.4 Å². The van der Waals surface area contributed by atoms with Crippen LogP contribution in [-0.4, -0.2) is 25.9 Å². The van der Waals surface area contributed by atoms with Crippen LogP contribution in [0.1, 0.15) is 15.9 Å². The Bertz CT molecular complexity index is 1240. The quantitative estimate of drug-likeness (QED) is 0.541. The molecule has 0 atom stereocenters. The van der Waals surface area contributed by atoms with Crippen molar-refractivity contribution in [1.29, 1.82) is 0 Å². The molecule has 11 heteroatoms. The summed E-state index contributed by atoms with van der Waals surface area (Å²) in [4.78, 5) is 13.1. The minimum atomic E-state index is -4.14. The number of halogens is 2. The number of anilines is 1. The number of nitrogens with zero attached hydrogens (tertiary/aromatic N) is 1. The molecule has 2 heterocycles. The number of esters is 1. The molecule has 0 saturated carbocycles. The zero-order valence-electron chi connectivity index (χ0n) is 14.7. The van der Waals surface area contributed by atoms with E-state index in [1.165, 1.54) is 24.7 Å². The van der Waals surface area contributed by atoms with E-state index >= 15 is 0 Å². The van der Waals surface area contributed by atoms with E-state index in [-0.39, 0.29) is 33.0 Å². The van der Waals surface area contributed by atoms with Gasteiger partial charge in [0, 0.05) is 21.8 Å². The zero-order chi connectivity index (χ0) is 20.8. The topological polar surface area (TPSA) is 94.6 Å². The van der Waals surface area contributed by atoms with Gasteiger partial charge in [-0.3, -0.25) is 4.72 Å². The molecule has 0 aliphatic carbocycles. The Morgan fingerprint density at radius 2 is 2.14 bits per heavy atom. The van der Waals surface area contributed by atoms with E-state index in [0.29, 0.717) is 5.56 Å². The molecular weight excluding hydrogens is 487 g/mol. The molecule has 150 valence electrons. The van der Waals surface area contributed by atoms with Gasteiger partial charge in [0.1, 0.15) is 28.6 Å². The molecule has 0 radical (unpaired) electrons. The molecule has 0 spiro atoms. The van der Waals surface area contributed by atoms with Gasteiger partial charge < -0.3 is 9.47 Å². The Hall–Kier alpha value is -2.50. The maximum atomic E-state index is 13.3. The summed E-state index contributed by atoms with van der Waals surface area (Å²) in [5.41, 5.74) is 1.44. The van der Waals surface area contributed by atoms with E-state index < -0.39 is 21.8 Å². The lowest BCUT2D eigenvalue weighted by atomic mass is 10.0. The summed E-state index contributed by atoms with van der Waals surface area (Å²) in [6.07, 6.45) is 1.68. The fourth-order valence-electron chi connectivity index (χ4n) is 2.93. The van der Waals surface area contributed by atoms with Crippen LogP contribution in [0, 0.1) is 5.82 Å². The van der Waals surface area contributed by atoms with Crippen molar-refractivity contribution >= 4 is 49.1 Å². The number of nitrogens with one attached hydrogen (secondary N) is 1. The molecular formula is C18H12BrFN2O5S2. The third kappa shape index (κ3) is 3.49. The maximum Gasteiger partial charge on any atom is 0.343 e. The standard InChI is InChI=1S/C18H12BrFN2O5S2/c1-26-18(23)15-13(22-29(24,25)14-5-2-10(20)6-12(14)19)4-3-11-16(15)27-8-9-7-21-28-17(9)11/h2-7,22H,8H2,1H3. The van der Waals surface area contributed by atoms with Gasteiger partial charge in [0.05, 0.1) is 17.7 Å². The van der Waals surface area contributed by atoms with Crippen LogP contribution in [0.15, 0.2) is 45.9 Å². The molecule has 3 aromatic rings. The number of carbonyl (C=O) groups is 1. The number of sulfonamides is 1. The summed E-state index contributed by atoms with van der Waals surface area (Å²) in [7, 11) is -2.95. The number of rotatable bonds is 4.